The first kappa shape index (κ1) is 17.7. The average Bonchev–Trinajstić information content (AvgIpc) is 2.23. The lowest BCUT2D eigenvalue weighted by Crippen LogP contribution is -2.42. The van der Waals surface area contributed by atoms with Crippen molar-refractivity contribution in [2.24, 2.45) is 0 Å². The molecule has 0 spiro atoms. The van der Waals surface area contributed by atoms with Gasteiger partial charge in [-0.25, -0.2) is 4.79 Å². The van der Waals surface area contributed by atoms with Gasteiger partial charge in [-0.05, 0) is 39.3 Å². The Morgan fingerprint density at radius 3 is 2.23 bits per heavy atom. The molecule has 9 heteroatoms. The Bertz CT molecular complexity index is 607. The number of carbonyl (C=O) groups excluding carboxylic acids is 1. The van der Waals surface area contributed by atoms with Crippen molar-refractivity contribution in [1.29, 1.82) is 0 Å². The average molecular weight is 320 g/mol. The van der Waals surface area contributed by atoms with Crippen LogP contribution in [0, 0.1) is 17.0 Å². The van der Waals surface area contributed by atoms with Gasteiger partial charge in [-0.1, -0.05) is 0 Å². The highest BCUT2D eigenvalue weighted by atomic mass is 19.4. The largest absolute Gasteiger partial charge is 0.416 e. The molecule has 6 nitrogen and oxygen atoms in total. The molecule has 0 bridgehead atoms. The Morgan fingerprint density at radius 2 is 1.82 bits per heavy atom. The number of amides is 1. The Hall–Kier alpha value is -2.32. The molecule has 22 heavy (non-hydrogen) atoms. The molecule has 1 N–H and O–H groups in total. The first-order chi connectivity index (χ1) is 9.81. The fourth-order valence-electron chi connectivity index (χ4n) is 1.63. The zero-order valence-corrected chi connectivity index (χ0v) is 12.4. The molecule has 0 aromatic heterocycles. The maximum atomic E-state index is 12.8. The molecule has 0 unspecified atom stereocenters. The Kier molecular flexibility index (Phi) is 4.69. The van der Waals surface area contributed by atoms with Crippen LogP contribution in [-0.4, -0.2) is 16.6 Å². The third-order valence-electron chi connectivity index (χ3n) is 2.49. The minimum absolute atomic E-state index is 0.281. The Labute approximate surface area is 124 Å². The number of nitro groups is 1. The second kappa shape index (κ2) is 5.82. The van der Waals surface area contributed by atoms with E-state index in [4.69, 9.17) is 4.74 Å². The highest BCUT2D eigenvalue weighted by Crippen LogP contribution is 2.38. The monoisotopic (exact) mass is 320 g/mol. The van der Waals surface area contributed by atoms with Crippen molar-refractivity contribution < 1.29 is 27.6 Å². The number of alkyl halides is 3. The summed E-state index contributed by atoms with van der Waals surface area (Å²) in [5.41, 5.74) is -3.02. The Balaban J connectivity index is 3.23. The van der Waals surface area contributed by atoms with Crippen molar-refractivity contribution in [3.05, 3.63) is 33.4 Å². The molecule has 0 saturated heterocycles. The van der Waals surface area contributed by atoms with Gasteiger partial charge < -0.3 is 10.1 Å². The van der Waals surface area contributed by atoms with Gasteiger partial charge in [0.05, 0.1) is 10.5 Å². The van der Waals surface area contributed by atoms with Crippen LogP contribution < -0.4 is 10.1 Å². The topological polar surface area (TPSA) is 81.5 Å². The van der Waals surface area contributed by atoms with E-state index in [1.54, 1.807) is 20.8 Å². The zero-order chi connectivity index (χ0) is 17.3. The molecule has 0 radical (unpaired) electrons. The molecule has 0 aliphatic heterocycles. The minimum Gasteiger partial charge on any atom is -0.403 e. The quantitative estimate of drug-likeness (QED) is 0.663. The summed E-state index contributed by atoms with van der Waals surface area (Å²) in [6.07, 6.45) is -5.73. The lowest BCUT2D eigenvalue weighted by Gasteiger charge is -2.20. The van der Waals surface area contributed by atoms with Gasteiger partial charge in [-0.15, -0.1) is 0 Å². The number of rotatable bonds is 2. The van der Waals surface area contributed by atoms with Crippen molar-refractivity contribution in [2.45, 2.75) is 39.4 Å². The second-order valence-corrected chi connectivity index (χ2v) is 5.65. The number of aryl methyl sites for hydroxylation is 1. The number of hydrogen-bond donors (Lipinski definition) is 1. The number of nitro benzene ring substituents is 1. The predicted molar refractivity (Wildman–Crippen MR) is 71.7 cm³/mol. The number of nitrogens with zero attached hydrogens (tertiary/aromatic N) is 1. The molecule has 0 saturated carbocycles. The number of benzene rings is 1. The van der Waals surface area contributed by atoms with E-state index in [0.717, 1.165) is 13.0 Å². The normalized spacial score (nSPS) is 12.0. The van der Waals surface area contributed by atoms with Crippen molar-refractivity contribution in [2.75, 3.05) is 0 Å². The molecule has 122 valence electrons. The van der Waals surface area contributed by atoms with Crippen LogP contribution in [0.4, 0.5) is 23.7 Å². The van der Waals surface area contributed by atoms with Crippen LogP contribution >= 0.6 is 0 Å². The molecule has 0 aliphatic rings. The summed E-state index contributed by atoms with van der Waals surface area (Å²) in [6.45, 7) is 6.09. The molecular formula is C13H15F3N2O4. The lowest BCUT2D eigenvalue weighted by atomic mass is 10.1. The van der Waals surface area contributed by atoms with E-state index >= 15 is 0 Å². The molecule has 0 heterocycles. The van der Waals surface area contributed by atoms with E-state index in [0.29, 0.717) is 6.07 Å². The second-order valence-electron chi connectivity index (χ2n) is 5.65. The van der Waals surface area contributed by atoms with Gasteiger partial charge >= 0.3 is 18.0 Å². The maximum Gasteiger partial charge on any atom is 0.416 e. The van der Waals surface area contributed by atoms with Gasteiger partial charge in [0.25, 0.3) is 0 Å². The van der Waals surface area contributed by atoms with E-state index in [1.165, 1.54) is 0 Å². The Morgan fingerprint density at radius 1 is 1.27 bits per heavy atom. The highest BCUT2D eigenvalue weighted by Gasteiger charge is 2.36. The van der Waals surface area contributed by atoms with E-state index in [1.807, 2.05) is 0 Å². The number of halogens is 3. The van der Waals surface area contributed by atoms with Crippen LogP contribution in [0.5, 0.6) is 5.75 Å². The molecule has 0 atom stereocenters. The number of carbonyl (C=O) groups is 1. The van der Waals surface area contributed by atoms with E-state index in [2.05, 4.69) is 5.32 Å². The van der Waals surface area contributed by atoms with Gasteiger partial charge in [-0.3, -0.25) is 10.1 Å². The van der Waals surface area contributed by atoms with Gasteiger partial charge in [0.2, 0.25) is 5.75 Å². The van der Waals surface area contributed by atoms with Crippen LogP contribution in [0.3, 0.4) is 0 Å². The van der Waals surface area contributed by atoms with Crippen LogP contribution in [0.1, 0.15) is 31.9 Å². The van der Waals surface area contributed by atoms with Gasteiger partial charge in [0.15, 0.2) is 0 Å². The molecule has 0 aliphatic carbocycles. The standard InChI is InChI=1S/C13H15F3N2O4/c1-7-5-10(22-11(19)17-12(2,3)4)9(18(20)21)6-8(7)13(14,15)16/h5-6H,1-4H3,(H,17,19). The lowest BCUT2D eigenvalue weighted by molar-refractivity contribution is -0.385. The summed E-state index contributed by atoms with van der Waals surface area (Å²) < 4.78 is 43.1. The zero-order valence-electron chi connectivity index (χ0n) is 12.4. The molecular weight excluding hydrogens is 305 g/mol. The molecule has 1 amide bonds. The van der Waals surface area contributed by atoms with Crippen molar-refractivity contribution in [3.8, 4) is 5.75 Å². The van der Waals surface area contributed by atoms with Crippen LogP contribution in [0.25, 0.3) is 0 Å². The van der Waals surface area contributed by atoms with Crippen molar-refractivity contribution in [1.82, 2.24) is 5.32 Å². The summed E-state index contributed by atoms with van der Waals surface area (Å²) in [5.74, 6) is -0.544. The highest BCUT2D eigenvalue weighted by molar-refractivity contribution is 5.73. The van der Waals surface area contributed by atoms with E-state index in [-0.39, 0.29) is 5.56 Å². The minimum atomic E-state index is -4.74. The molecule has 1 aromatic rings. The summed E-state index contributed by atoms with van der Waals surface area (Å²) in [6, 6.07) is 1.18. The fraction of sp³-hybridized carbons (Fsp3) is 0.462. The molecule has 0 fully saturated rings. The number of hydrogen-bond acceptors (Lipinski definition) is 4. The third kappa shape index (κ3) is 4.61. The summed E-state index contributed by atoms with van der Waals surface area (Å²) in [5, 5.41) is 13.3. The van der Waals surface area contributed by atoms with Crippen molar-refractivity contribution in [3.63, 3.8) is 0 Å². The third-order valence-corrected chi connectivity index (χ3v) is 2.49. The van der Waals surface area contributed by atoms with Crippen LogP contribution in [0.2, 0.25) is 0 Å². The first-order valence-electron chi connectivity index (χ1n) is 6.17. The number of ether oxygens (including phenoxy) is 1. The predicted octanol–water partition coefficient (Wildman–Crippen LogP) is 3.81. The fourth-order valence-corrected chi connectivity index (χ4v) is 1.63. The summed E-state index contributed by atoms with van der Waals surface area (Å²) in [4.78, 5) is 21.5. The van der Waals surface area contributed by atoms with Gasteiger partial charge in [-0.2, -0.15) is 13.2 Å². The molecule has 1 rings (SSSR count). The first-order valence-corrected chi connectivity index (χ1v) is 6.17. The summed E-state index contributed by atoms with van der Waals surface area (Å²) >= 11 is 0. The van der Waals surface area contributed by atoms with E-state index < -0.39 is 39.7 Å². The van der Waals surface area contributed by atoms with E-state index in [9.17, 15) is 28.1 Å². The van der Waals surface area contributed by atoms with Crippen LogP contribution in [0.15, 0.2) is 12.1 Å². The maximum absolute atomic E-state index is 12.8. The number of nitrogens with one attached hydrogen (secondary N) is 1. The molecule has 1 aromatic carbocycles. The van der Waals surface area contributed by atoms with Gasteiger partial charge in [0.1, 0.15) is 0 Å². The van der Waals surface area contributed by atoms with Crippen LogP contribution in [-0.2, 0) is 6.18 Å². The SMILES string of the molecule is Cc1cc(OC(=O)NC(C)(C)C)c([N+](=O)[O-])cc1C(F)(F)F. The summed E-state index contributed by atoms with van der Waals surface area (Å²) in [7, 11) is 0. The smallest absolute Gasteiger partial charge is 0.403 e. The van der Waals surface area contributed by atoms with Gasteiger partial charge in [0, 0.05) is 11.6 Å². The van der Waals surface area contributed by atoms with Crippen molar-refractivity contribution >= 4 is 11.8 Å².